The molecule has 0 spiro atoms. The normalized spacial score (nSPS) is 29.9. The number of likely N-dealkylation sites (N-methyl/N-ethyl adjacent to an activating group) is 1. The van der Waals surface area contributed by atoms with Crippen LogP contribution in [0.5, 0.6) is 11.5 Å². The highest BCUT2D eigenvalue weighted by molar-refractivity contribution is 5.48. The Kier molecular flexibility index (Phi) is 3.85. The lowest BCUT2D eigenvalue weighted by Crippen LogP contribution is -2.45. The Morgan fingerprint density at radius 3 is 2.90 bits per heavy atom. The Morgan fingerprint density at radius 1 is 1.35 bits per heavy atom. The first-order chi connectivity index (χ1) is 9.67. The molecule has 4 nitrogen and oxygen atoms in total. The van der Waals surface area contributed by atoms with Crippen molar-refractivity contribution in [2.24, 2.45) is 0 Å². The highest BCUT2D eigenvalue weighted by Gasteiger charge is 2.30. The minimum Gasteiger partial charge on any atom is -0.493 e. The lowest BCUT2D eigenvalue weighted by molar-refractivity contribution is 0.217. The minimum absolute atomic E-state index is 0.401. The summed E-state index contributed by atoms with van der Waals surface area (Å²) < 4.78 is 11.3. The summed E-state index contributed by atoms with van der Waals surface area (Å²) in [6.07, 6.45) is 2.24. The third-order valence-electron chi connectivity index (χ3n) is 4.53. The number of nitrogens with zero attached hydrogens (tertiary/aromatic N) is 1. The zero-order valence-electron chi connectivity index (χ0n) is 12.6. The number of methoxy groups -OCH3 is 1. The van der Waals surface area contributed by atoms with E-state index in [1.54, 1.807) is 7.11 Å². The molecule has 2 heterocycles. The van der Waals surface area contributed by atoms with Crippen LogP contribution >= 0.6 is 0 Å². The molecule has 1 fully saturated rings. The average Bonchev–Trinajstić information content (AvgIpc) is 2.76. The van der Waals surface area contributed by atoms with Crippen LogP contribution in [0, 0.1) is 0 Å². The molecule has 0 amide bonds. The van der Waals surface area contributed by atoms with Crippen molar-refractivity contribution < 1.29 is 9.47 Å². The van der Waals surface area contributed by atoms with Crippen molar-refractivity contribution in [1.82, 2.24) is 10.2 Å². The number of nitrogens with one attached hydrogen (secondary N) is 1. The van der Waals surface area contributed by atoms with Crippen molar-refractivity contribution >= 4 is 0 Å². The molecule has 2 aliphatic heterocycles. The Balaban J connectivity index is 1.64. The van der Waals surface area contributed by atoms with Gasteiger partial charge in [0.2, 0.25) is 0 Å². The molecule has 3 rings (SSSR count). The van der Waals surface area contributed by atoms with Crippen molar-refractivity contribution in [2.75, 3.05) is 27.3 Å². The summed E-state index contributed by atoms with van der Waals surface area (Å²) in [6, 6.07) is 7.78. The second kappa shape index (κ2) is 5.62. The van der Waals surface area contributed by atoms with E-state index in [-0.39, 0.29) is 0 Å². The Morgan fingerprint density at radius 2 is 2.20 bits per heavy atom. The maximum absolute atomic E-state index is 5.92. The maximum Gasteiger partial charge on any atom is 0.164 e. The van der Waals surface area contributed by atoms with Crippen LogP contribution in [0.4, 0.5) is 0 Å². The summed E-state index contributed by atoms with van der Waals surface area (Å²) in [7, 11) is 3.89. The van der Waals surface area contributed by atoms with Crippen LogP contribution in [-0.2, 0) is 6.42 Å². The van der Waals surface area contributed by atoms with E-state index in [9.17, 15) is 0 Å². The van der Waals surface area contributed by atoms with Crippen LogP contribution < -0.4 is 14.8 Å². The zero-order chi connectivity index (χ0) is 14.1. The number of para-hydroxylation sites is 1. The molecule has 20 heavy (non-hydrogen) atoms. The van der Waals surface area contributed by atoms with Crippen molar-refractivity contribution in [3.05, 3.63) is 23.8 Å². The van der Waals surface area contributed by atoms with Gasteiger partial charge in [-0.25, -0.2) is 0 Å². The lowest BCUT2D eigenvalue weighted by Gasteiger charge is -2.29. The van der Waals surface area contributed by atoms with E-state index in [0.717, 1.165) is 31.1 Å². The third-order valence-corrected chi connectivity index (χ3v) is 4.53. The number of fused-ring (bicyclic) bond motifs is 1. The molecule has 4 heteroatoms. The van der Waals surface area contributed by atoms with E-state index >= 15 is 0 Å². The molecule has 0 bridgehead atoms. The van der Waals surface area contributed by atoms with Crippen LogP contribution in [-0.4, -0.2) is 50.3 Å². The quantitative estimate of drug-likeness (QED) is 0.911. The second-order valence-corrected chi connectivity index (χ2v) is 6.05. The van der Waals surface area contributed by atoms with E-state index < -0.39 is 0 Å². The molecule has 1 saturated heterocycles. The molecule has 0 radical (unpaired) electrons. The largest absolute Gasteiger partial charge is 0.493 e. The molecule has 1 N–H and O–H groups in total. The SMILES string of the molecule is COc1cccc2c1OC[C@H](N[C@H]1C[C@@H](C)N(C)C1)C2. The van der Waals surface area contributed by atoms with E-state index in [0.29, 0.717) is 18.1 Å². The molecule has 2 aliphatic rings. The summed E-state index contributed by atoms with van der Waals surface area (Å²) in [5.74, 6) is 1.76. The minimum atomic E-state index is 0.401. The van der Waals surface area contributed by atoms with Gasteiger partial charge in [0.1, 0.15) is 6.61 Å². The van der Waals surface area contributed by atoms with E-state index in [2.05, 4.69) is 30.3 Å². The molecule has 3 atom stereocenters. The van der Waals surface area contributed by atoms with Crippen LogP contribution in [0.3, 0.4) is 0 Å². The fourth-order valence-electron chi connectivity index (χ4n) is 3.31. The number of benzene rings is 1. The van der Waals surface area contributed by atoms with Crippen LogP contribution in [0.2, 0.25) is 0 Å². The first kappa shape index (κ1) is 13.7. The van der Waals surface area contributed by atoms with Crippen molar-refractivity contribution in [1.29, 1.82) is 0 Å². The summed E-state index contributed by atoms with van der Waals surface area (Å²) in [5, 5.41) is 3.75. The highest BCUT2D eigenvalue weighted by atomic mass is 16.5. The molecule has 1 aromatic rings. The lowest BCUT2D eigenvalue weighted by atomic mass is 10.0. The van der Waals surface area contributed by atoms with Gasteiger partial charge >= 0.3 is 0 Å². The summed E-state index contributed by atoms with van der Waals surface area (Å²) in [5.41, 5.74) is 1.24. The number of hydrogen-bond acceptors (Lipinski definition) is 4. The first-order valence-corrected chi connectivity index (χ1v) is 7.42. The maximum atomic E-state index is 5.92. The van der Waals surface area contributed by atoms with Gasteiger partial charge in [0, 0.05) is 24.7 Å². The van der Waals surface area contributed by atoms with Crippen molar-refractivity contribution in [3.63, 3.8) is 0 Å². The van der Waals surface area contributed by atoms with Gasteiger partial charge in [0.25, 0.3) is 0 Å². The fraction of sp³-hybridized carbons (Fsp3) is 0.625. The molecule has 110 valence electrons. The van der Waals surface area contributed by atoms with Crippen LogP contribution in [0.15, 0.2) is 18.2 Å². The van der Waals surface area contributed by atoms with Gasteiger partial charge in [0.15, 0.2) is 11.5 Å². The summed E-state index contributed by atoms with van der Waals surface area (Å²) in [4.78, 5) is 2.42. The molecule has 1 aromatic carbocycles. The van der Waals surface area contributed by atoms with Crippen LogP contribution in [0.25, 0.3) is 0 Å². The van der Waals surface area contributed by atoms with Gasteiger partial charge in [0.05, 0.1) is 7.11 Å². The van der Waals surface area contributed by atoms with Gasteiger partial charge < -0.3 is 19.7 Å². The average molecular weight is 276 g/mol. The van der Waals surface area contributed by atoms with Gasteiger partial charge in [-0.05, 0) is 38.4 Å². The van der Waals surface area contributed by atoms with Gasteiger partial charge in [-0.2, -0.15) is 0 Å². The van der Waals surface area contributed by atoms with E-state index in [1.807, 2.05) is 12.1 Å². The molecule has 0 aromatic heterocycles. The Hall–Kier alpha value is -1.26. The Labute approximate surface area is 121 Å². The van der Waals surface area contributed by atoms with E-state index in [1.165, 1.54) is 12.0 Å². The van der Waals surface area contributed by atoms with Gasteiger partial charge in [-0.1, -0.05) is 12.1 Å². The monoisotopic (exact) mass is 276 g/mol. The molecular formula is C16H24N2O2. The number of ether oxygens (including phenoxy) is 2. The predicted octanol–water partition coefficient (Wildman–Crippen LogP) is 1.68. The summed E-state index contributed by atoms with van der Waals surface area (Å²) in [6.45, 7) is 4.14. The predicted molar refractivity (Wildman–Crippen MR) is 79.6 cm³/mol. The number of hydrogen-bond donors (Lipinski definition) is 1. The summed E-state index contributed by atoms with van der Waals surface area (Å²) >= 11 is 0. The zero-order valence-corrected chi connectivity index (χ0v) is 12.6. The molecular weight excluding hydrogens is 252 g/mol. The second-order valence-electron chi connectivity index (χ2n) is 6.05. The standard InChI is InChI=1S/C16H24N2O2/c1-11-7-13(9-18(11)2)17-14-8-12-5-4-6-15(19-3)16(12)20-10-14/h4-6,11,13-14,17H,7-10H2,1-3H3/t11-,13+,14-/m1/s1. The topological polar surface area (TPSA) is 33.7 Å². The molecule has 0 aliphatic carbocycles. The van der Waals surface area contributed by atoms with E-state index in [4.69, 9.17) is 9.47 Å². The van der Waals surface area contributed by atoms with Gasteiger partial charge in [-0.15, -0.1) is 0 Å². The molecule has 0 saturated carbocycles. The third kappa shape index (κ3) is 2.63. The number of rotatable bonds is 3. The van der Waals surface area contributed by atoms with Crippen molar-refractivity contribution in [2.45, 2.75) is 37.9 Å². The highest BCUT2D eigenvalue weighted by Crippen LogP contribution is 2.34. The van der Waals surface area contributed by atoms with Gasteiger partial charge in [-0.3, -0.25) is 0 Å². The molecule has 0 unspecified atom stereocenters. The van der Waals surface area contributed by atoms with Crippen LogP contribution in [0.1, 0.15) is 18.9 Å². The fourth-order valence-corrected chi connectivity index (χ4v) is 3.31. The smallest absolute Gasteiger partial charge is 0.164 e. The Bertz CT molecular complexity index is 468. The number of likely N-dealkylation sites (tertiary alicyclic amines) is 1. The van der Waals surface area contributed by atoms with Crippen molar-refractivity contribution in [3.8, 4) is 11.5 Å². The first-order valence-electron chi connectivity index (χ1n) is 7.42.